The molecule has 4 nitrogen and oxygen atoms in total. The Morgan fingerprint density at radius 3 is 2.29 bits per heavy atom. The minimum atomic E-state index is -0.343. The van der Waals surface area contributed by atoms with Crippen molar-refractivity contribution in [2.24, 2.45) is 28.5 Å². The Labute approximate surface area is 183 Å². The molecule has 1 aromatic heterocycles. The number of primary amides is 1. The average molecular weight is 412 g/mol. The van der Waals surface area contributed by atoms with Crippen molar-refractivity contribution in [1.29, 1.82) is 0 Å². The van der Waals surface area contributed by atoms with E-state index in [1.165, 1.54) is 44.1 Å². The second-order valence-corrected chi connectivity index (χ2v) is 10.2. The van der Waals surface area contributed by atoms with E-state index in [9.17, 15) is 4.79 Å². The SMILES string of the molecule is NC(=O)Cn1cc(C=Nc2ccc(C34CC5CC(CC(C5)C3)C4)cc2)c2ccccc21. The second-order valence-electron chi connectivity index (χ2n) is 10.2. The fourth-order valence-corrected chi connectivity index (χ4v) is 7.19. The molecule has 2 N–H and O–H groups in total. The molecular formula is C27H29N3O. The van der Waals surface area contributed by atoms with Crippen molar-refractivity contribution in [2.75, 3.05) is 0 Å². The topological polar surface area (TPSA) is 60.4 Å². The van der Waals surface area contributed by atoms with Crippen LogP contribution in [-0.2, 0) is 16.8 Å². The highest BCUT2D eigenvalue weighted by atomic mass is 16.1. The monoisotopic (exact) mass is 411 g/mol. The number of benzene rings is 2. The molecule has 0 spiro atoms. The van der Waals surface area contributed by atoms with Gasteiger partial charge in [0.1, 0.15) is 6.54 Å². The van der Waals surface area contributed by atoms with Gasteiger partial charge in [0.25, 0.3) is 0 Å². The minimum absolute atomic E-state index is 0.175. The lowest BCUT2D eigenvalue weighted by atomic mass is 9.48. The summed E-state index contributed by atoms with van der Waals surface area (Å²) in [6.45, 7) is 0.175. The highest BCUT2D eigenvalue weighted by molar-refractivity contribution is 6.00. The summed E-state index contributed by atoms with van der Waals surface area (Å²) in [5.74, 6) is 2.54. The van der Waals surface area contributed by atoms with Gasteiger partial charge in [-0.1, -0.05) is 30.3 Å². The molecule has 0 unspecified atom stereocenters. The Kier molecular flexibility index (Phi) is 4.31. The molecule has 4 bridgehead atoms. The molecule has 158 valence electrons. The summed E-state index contributed by atoms with van der Waals surface area (Å²) in [7, 11) is 0. The molecule has 4 fully saturated rings. The molecule has 0 aliphatic heterocycles. The lowest BCUT2D eigenvalue weighted by Gasteiger charge is -2.57. The van der Waals surface area contributed by atoms with Gasteiger partial charge < -0.3 is 10.3 Å². The maximum atomic E-state index is 11.4. The van der Waals surface area contributed by atoms with E-state index in [1.54, 1.807) is 0 Å². The first-order chi connectivity index (χ1) is 15.1. The van der Waals surface area contributed by atoms with E-state index in [2.05, 4.69) is 30.3 Å². The minimum Gasteiger partial charge on any atom is -0.368 e. The van der Waals surface area contributed by atoms with E-state index in [0.29, 0.717) is 5.41 Å². The van der Waals surface area contributed by atoms with E-state index in [4.69, 9.17) is 10.7 Å². The number of hydrogen-bond donors (Lipinski definition) is 1. The Morgan fingerprint density at radius 1 is 1.00 bits per heavy atom. The quantitative estimate of drug-likeness (QED) is 0.566. The van der Waals surface area contributed by atoms with Crippen LogP contribution in [0.15, 0.2) is 59.7 Å². The van der Waals surface area contributed by atoms with Gasteiger partial charge in [0.2, 0.25) is 5.91 Å². The van der Waals surface area contributed by atoms with Crippen LogP contribution in [0.25, 0.3) is 10.9 Å². The molecule has 1 amide bonds. The van der Waals surface area contributed by atoms with Crippen LogP contribution in [0.3, 0.4) is 0 Å². The molecule has 3 aromatic rings. The molecule has 31 heavy (non-hydrogen) atoms. The molecular weight excluding hydrogens is 382 g/mol. The Bertz CT molecular complexity index is 1140. The van der Waals surface area contributed by atoms with Gasteiger partial charge >= 0.3 is 0 Å². The number of rotatable bonds is 5. The van der Waals surface area contributed by atoms with Gasteiger partial charge in [-0.3, -0.25) is 9.79 Å². The van der Waals surface area contributed by atoms with Crippen molar-refractivity contribution >= 4 is 28.7 Å². The summed E-state index contributed by atoms with van der Waals surface area (Å²) >= 11 is 0. The van der Waals surface area contributed by atoms with Crippen LogP contribution in [0.1, 0.15) is 49.7 Å². The first kappa shape index (κ1) is 18.9. The maximum Gasteiger partial charge on any atom is 0.237 e. The van der Waals surface area contributed by atoms with Crippen LogP contribution in [0.2, 0.25) is 0 Å². The van der Waals surface area contributed by atoms with Crippen LogP contribution in [-0.4, -0.2) is 16.7 Å². The fraction of sp³-hybridized carbons (Fsp3) is 0.407. The summed E-state index contributed by atoms with van der Waals surface area (Å²) < 4.78 is 1.90. The zero-order valence-electron chi connectivity index (χ0n) is 17.8. The first-order valence-corrected chi connectivity index (χ1v) is 11.6. The first-order valence-electron chi connectivity index (χ1n) is 11.6. The van der Waals surface area contributed by atoms with Crippen molar-refractivity contribution < 1.29 is 4.79 Å². The van der Waals surface area contributed by atoms with Crippen molar-refractivity contribution in [3.63, 3.8) is 0 Å². The zero-order valence-corrected chi connectivity index (χ0v) is 17.8. The van der Waals surface area contributed by atoms with Crippen molar-refractivity contribution in [3.05, 3.63) is 65.9 Å². The number of carbonyl (C=O) groups is 1. The van der Waals surface area contributed by atoms with Crippen LogP contribution in [0.5, 0.6) is 0 Å². The summed E-state index contributed by atoms with van der Waals surface area (Å²) in [6.07, 6.45) is 12.5. The second kappa shape index (κ2) is 7.08. The maximum absolute atomic E-state index is 11.4. The van der Waals surface area contributed by atoms with Crippen LogP contribution < -0.4 is 5.73 Å². The van der Waals surface area contributed by atoms with Gasteiger partial charge in [0, 0.05) is 28.9 Å². The number of amides is 1. The number of carbonyl (C=O) groups excluding carboxylic acids is 1. The Balaban J connectivity index is 1.26. The lowest BCUT2D eigenvalue weighted by molar-refractivity contribution is -0.118. The van der Waals surface area contributed by atoms with Gasteiger partial charge in [-0.15, -0.1) is 0 Å². The molecule has 7 rings (SSSR count). The van der Waals surface area contributed by atoms with E-state index in [-0.39, 0.29) is 12.5 Å². The smallest absolute Gasteiger partial charge is 0.237 e. The molecule has 4 aliphatic carbocycles. The van der Waals surface area contributed by atoms with E-state index in [0.717, 1.165) is 39.9 Å². The largest absolute Gasteiger partial charge is 0.368 e. The van der Waals surface area contributed by atoms with Gasteiger partial charge in [-0.05, 0) is 85.5 Å². The van der Waals surface area contributed by atoms with Gasteiger partial charge in [0.15, 0.2) is 0 Å². The number of aliphatic imine (C=N–C) groups is 1. The summed E-state index contributed by atoms with van der Waals surface area (Å²) in [5, 5.41) is 1.08. The molecule has 4 aliphatic rings. The van der Waals surface area contributed by atoms with Gasteiger partial charge in [-0.2, -0.15) is 0 Å². The van der Waals surface area contributed by atoms with Gasteiger partial charge in [0.05, 0.1) is 5.69 Å². The molecule has 0 saturated heterocycles. The number of aromatic nitrogens is 1. The average Bonchev–Trinajstić information content (AvgIpc) is 3.09. The Hall–Kier alpha value is -2.88. The van der Waals surface area contributed by atoms with Gasteiger partial charge in [-0.25, -0.2) is 0 Å². The third kappa shape index (κ3) is 3.29. The molecule has 0 atom stereocenters. The summed E-state index contributed by atoms with van der Waals surface area (Å²) in [4.78, 5) is 16.2. The zero-order chi connectivity index (χ0) is 21.0. The third-order valence-electron chi connectivity index (χ3n) is 8.02. The van der Waals surface area contributed by atoms with Crippen molar-refractivity contribution in [2.45, 2.75) is 50.5 Å². The number of hydrogen-bond acceptors (Lipinski definition) is 2. The van der Waals surface area contributed by atoms with Crippen LogP contribution in [0.4, 0.5) is 5.69 Å². The highest BCUT2D eigenvalue weighted by Gasteiger charge is 2.51. The predicted molar refractivity (Wildman–Crippen MR) is 125 cm³/mol. The summed E-state index contributed by atoms with van der Waals surface area (Å²) in [5.41, 5.74) is 10.4. The predicted octanol–water partition coefficient (Wildman–Crippen LogP) is 5.35. The molecule has 0 radical (unpaired) electrons. The number of fused-ring (bicyclic) bond motifs is 1. The van der Waals surface area contributed by atoms with Crippen molar-refractivity contribution in [1.82, 2.24) is 4.57 Å². The fourth-order valence-electron chi connectivity index (χ4n) is 7.19. The summed E-state index contributed by atoms with van der Waals surface area (Å²) in [6, 6.07) is 17.1. The van der Waals surface area contributed by atoms with Crippen molar-refractivity contribution in [3.8, 4) is 0 Å². The van der Waals surface area contributed by atoms with Crippen LogP contribution in [0, 0.1) is 17.8 Å². The van der Waals surface area contributed by atoms with E-state index >= 15 is 0 Å². The highest BCUT2D eigenvalue weighted by Crippen LogP contribution is 2.60. The number of nitrogens with zero attached hydrogens (tertiary/aromatic N) is 2. The molecule has 4 saturated carbocycles. The molecule has 2 aromatic carbocycles. The molecule has 1 heterocycles. The standard InChI is InChI=1S/C27H29N3O/c28-26(31)17-30-16-21(24-3-1-2-4-25(24)30)15-29-23-7-5-22(6-8-23)27-12-18-9-19(13-27)11-20(10-18)14-27/h1-8,15-16,18-20H,9-14,17H2,(H2,28,31). The number of nitrogens with two attached hydrogens (primary N) is 1. The number of para-hydroxylation sites is 1. The normalized spacial score (nSPS) is 29.2. The Morgan fingerprint density at radius 2 is 1.65 bits per heavy atom. The van der Waals surface area contributed by atoms with E-state index < -0.39 is 0 Å². The van der Waals surface area contributed by atoms with Crippen LogP contribution >= 0.6 is 0 Å². The lowest BCUT2D eigenvalue weighted by Crippen LogP contribution is -2.48. The van der Waals surface area contributed by atoms with E-state index in [1.807, 2.05) is 35.2 Å². The molecule has 4 heteroatoms. The third-order valence-corrected chi connectivity index (χ3v) is 8.02.